The molecule has 0 spiro atoms. The van der Waals surface area contributed by atoms with Crippen LogP contribution in [0.1, 0.15) is 19.3 Å². The third-order valence-corrected chi connectivity index (χ3v) is 1.99. The molecule has 1 atom stereocenters. The Balaban J connectivity index is 2.29. The Morgan fingerprint density at radius 2 is 2.29 bits per heavy atom. The Kier molecular flexibility index (Phi) is 0.482. The van der Waals surface area contributed by atoms with E-state index in [4.69, 9.17) is 5.11 Å². The molecule has 0 fully saturated rings. The monoisotopic (exact) mass is 96.1 g/mol. The van der Waals surface area contributed by atoms with Gasteiger partial charge in [-0.15, -0.1) is 0 Å². The van der Waals surface area contributed by atoms with Crippen molar-refractivity contribution in [1.82, 2.24) is 0 Å². The summed E-state index contributed by atoms with van der Waals surface area (Å²) in [4.78, 5) is 0. The summed E-state index contributed by atoms with van der Waals surface area (Å²) in [6, 6.07) is 0. The maximum atomic E-state index is 8.88. The van der Waals surface area contributed by atoms with Crippen LogP contribution in [0.25, 0.3) is 0 Å². The van der Waals surface area contributed by atoms with E-state index in [0.29, 0.717) is 0 Å². The summed E-state index contributed by atoms with van der Waals surface area (Å²) in [5.74, 6) is 0. The fourth-order valence-electron chi connectivity index (χ4n) is 1.31. The Bertz CT molecular complexity index is 135. The Labute approximate surface area is 42.7 Å². The third-order valence-electron chi connectivity index (χ3n) is 1.99. The van der Waals surface area contributed by atoms with E-state index in [1.165, 1.54) is 24.0 Å². The van der Waals surface area contributed by atoms with Gasteiger partial charge in [0, 0.05) is 0 Å². The highest BCUT2D eigenvalue weighted by molar-refractivity contribution is 5.37. The lowest BCUT2D eigenvalue weighted by Gasteiger charge is -2.37. The van der Waals surface area contributed by atoms with E-state index in [2.05, 4.69) is 0 Å². The van der Waals surface area contributed by atoms with Gasteiger partial charge in [-0.1, -0.05) is 5.57 Å². The number of aliphatic hydroxyl groups is 1. The van der Waals surface area contributed by atoms with Crippen molar-refractivity contribution in [2.24, 2.45) is 0 Å². The van der Waals surface area contributed by atoms with Gasteiger partial charge >= 0.3 is 0 Å². The van der Waals surface area contributed by atoms with Crippen LogP contribution in [-0.2, 0) is 0 Å². The lowest BCUT2D eigenvalue weighted by molar-refractivity contribution is 0.164. The summed E-state index contributed by atoms with van der Waals surface area (Å²) in [5, 5.41) is 8.88. The summed E-state index contributed by atoms with van der Waals surface area (Å²) in [5.41, 5.74) is 2.88. The van der Waals surface area contributed by atoms with Crippen LogP contribution in [0.2, 0.25) is 0 Å². The predicted octanol–water partition coefficient (Wildman–Crippen LogP) is 0.841. The molecular formula is C6H8O. The SMILES string of the molecule is OC1CC2=C1CC2. The minimum absolute atomic E-state index is 0.0243. The molecule has 1 N–H and O–H groups in total. The van der Waals surface area contributed by atoms with E-state index in [1.54, 1.807) is 0 Å². The van der Waals surface area contributed by atoms with Gasteiger partial charge in [0.1, 0.15) is 0 Å². The molecule has 2 rings (SSSR count). The summed E-state index contributed by atoms with van der Waals surface area (Å²) in [6.45, 7) is 0. The lowest BCUT2D eigenvalue weighted by Crippen LogP contribution is -2.30. The zero-order chi connectivity index (χ0) is 4.85. The maximum absolute atomic E-state index is 8.88. The summed E-state index contributed by atoms with van der Waals surface area (Å²) in [6.07, 6.45) is 3.40. The van der Waals surface area contributed by atoms with E-state index in [9.17, 15) is 0 Å². The fraction of sp³-hybridized carbons (Fsp3) is 0.667. The molecule has 0 aromatic rings. The van der Waals surface area contributed by atoms with Crippen molar-refractivity contribution in [3.63, 3.8) is 0 Å². The second kappa shape index (κ2) is 0.920. The van der Waals surface area contributed by atoms with Crippen LogP contribution >= 0.6 is 0 Å². The van der Waals surface area contributed by atoms with Crippen molar-refractivity contribution in [3.8, 4) is 0 Å². The smallest absolute Gasteiger partial charge is 0.0790 e. The van der Waals surface area contributed by atoms with E-state index in [1.807, 2.05) is 0 Å². The molecule has 0 aromatic heterocycles. The summed E-state index contributed by atoms with van der Waals surface area (Å²) in [7, 11) is 0. The normalized spacial score (nSPS) is 36.4. The molecule has 0 bridgehead atoms. The van der Waals surface area contributed by atoms with E-state index in [-0.39, 0.29) is 6.10 Å². The number of hydrogen-bond donors (Lipinski definition) is 1. The molecule has 0 aliphatic heterocycles. The first kappa shape index (κ1) is 3.67. The van der Waals surface area contributed by atoms with Gasteiger partial charge in [-0.05, 0) is 24.8 Å². The fourth-order valence-corrected chi connectivity index (χ4v) is 1.31. The summed E-state index contributed by atoms with van der Waals surface area (Å²) < 4.78 is 0. The zero-order valence-electron chi connectivity index (χ0n) is 4.15. The first-order valence-corrected chi connectivity index (χ1v) is 2.77. The molecule has 38 valence electrons. The lowest BCUT2D eigenvalue weighted by atomic mass is 9.71. The van der Waals surface area contributed by atoms with Gasteiger partial charge in [-0.25, -0.2) is 0 Å². The topological polar surface area (TPSA) is 20.2 Å². The average molecular weight is 96.1 g/mol. The summed E-state index contributed by atoms with van der Waals surface area (Å²) >= 11 is 0. The van der Waals surface area contributed by atoms with Crippen LogP contribution in [0.3, 0.4) is 0 Å². The molecule has 2 aliphatic carbocycles. The van der Waals surface area contributed by atoms with Gasteiger partial charge in [0.05, 0.1) is 6.10 Å². The van der Waals surface area contributed by atoms with Crippen LogP contribution in [0.5, 0.6) is 0 Å². The number of hydrogen-bond acceptors (Lipinski definition) is 1. The average Bonchev–Trinajstić information content (AvgIpc) is 1.59. The molecule has 0 amide bonds. The van der Waals surface area contributed by atoms with Crippen molar-refractivity contribution in [2.45, 2.75) is 25.4 Å². The molecular weight excluding hydrogens is 88.1 g/mol. The van der Waals surface area contributed by atoms with Crippen LogP contribution < -0.4 is 0 Å². The van der Waals surface area contributed by atoms with E-state index >= 15 is 0 Å². The second-order valence-corrected chi connectivity index (χ2v) is 2.35. The zero-order valence-corrected chi connectivity index (χ0v) is 4.15. The molecule has 1 heteroatoms. The third kappa shape index (κ3) is 0.280. The van der Waals surface area contributed by atoms with Crippen molar-refractivity contribution in [2.75, 3.05) is 0 Å². The van der Waals surface area contributed by atoms with E-state index in [0.717, 1.165) is 6.42 Å². The van der Waals surface area contributed by atoms with Crippen LogP contribution in [0, 0.1) is 0 Å². The molecule has 1 unspecified atom stereocenters. The number of rotatable bonds is 0. The molecule has 1 nitrogen and oxygen atoms in total. The maximum Gasteiger partial charge on any atom is 0.0790 e. The molecule has 0 aromatic carbocycles. The van der Waals surface area contributed by atoms with Crippen molar-refractivity contribution in [3.05, 3.63) is 11.1 Å². The minimum atomic E-state index is -0.0243. The highest BCUT2D eigenvalue weighted by Gasteiger charge is 2.32. The highest BCUT2D eigenvalue weighted by Crippen LogP contribution is 2.43. The highest BCUT2D eigenvalue weighted by atomic mass is 16.3. The molecule has 0 saturated heterocycles. The Hall–Kier alpha value is -0.300. The first-order valence-electron chi connectivity index (χ1n) is 2.77. The molecule has 0 saturated carbocycles. The molecule has 0 heterocycles. The van der Waals surface area contributed by atoms with Gasteiger partial charge in [-0.2, -0.15) is 0 Å². The predicted molar refractivity (Wildman–Crippen MR) is 26.9 cm³/mol. The van der Waals surface area contributed by atoms with Crippen LogP contribution in [0.15, 0.2) is 11.1 Å². The van der Waals surface area contributed by atoms with Gasteiger partial charge in [0.15, 0.2) is 0 Å². The molecule has 2 aliphatic rings. The molecule has 7 heavy (non-hydrogen) atoms. The molecule has 0 radical (unpaired) electrons. The van der Waals surface area contributed by atoms with Crippen LogP contribution in [0.4, 0.5) is 0 Å². The quantitative estimate of drug-likeness (QED) is 0.443. The first-order chi connectivity index (χ1) is 3.38. The Morgan fingerprint density at radius 3 is 2.29 bits per heavy atom. The van der Waals surface area contributed by atoms with Gasteiger partial charge in [0.25, 0.3) is 0 Å². The largest absolute Gasteiger partial charge is 0.388 e. The second-order valence-electron chi connectivity index (χ2n) is 2.35. The standard InChI is InChI=1S/C6H8O/c7-6-3-4-1-2-5(4)6/h6-7H,1-3H2. The number of aliphatic hydroxyl groups excluding tert-OH is 1. The Morgan fingerprint density at radius 1 is 1.43 bits per heavy atom. The van der Waals surface area contributed by atoms with Crippen molar-refractivity contribution >= 4 is 0 Å². The van der Waals surface area contributed by atoms with Gasteiger partial charge in [0.2, 0.25) is 0 Å². The van der Waals surface area contributed by atoms with Gasteiger partial charge < -0.3 is 5.11 Å². The van der Waals surface area contributed by atoms with Crippen molar-refractivity contribution < 1.29 is 5.11 Å². The minimum Gasteiger partial charge on any atom is -0.388 e. The van der Waals surface area contributed by atoms with Gasteiger partial charge in [-0.3, -0.25) is 0 Å². The van der Waals surface area contributed by atoms with E-state index < -0.39 is 0 Å². The van der Waals surface area contributed by atoms with Crippen molar-refractivity contribution in [1.29, 1.82) is 0 Å². The van der Waals surface area contributed by atoms with Crippen LogP contribution in [-0.4, -0.2) is 11.2 Å².